The maximum atomic E-state index is 11.2. The first-order valence-electron chi connectivity index (χ1n) is 7.18. The molecule has 0 heterocycles. The Labute approximate surface area is 121 Å². The van der Waals surface area contributed by atoms with Crippen LogP contribution < -0.4 is 9.64 Å². The van der Waals surface area contributed by atoms with Gasteiger partial charge in [-0.15, -0.1) is 0 Å². The quantitative estimate of drug-likeness (QED) is 0.514. The van der Waals surface area contributed by atoms with Gasteiger partial charge in [0.2, 0.25) is 0 Å². The summed E-state index contributed by atoms with van der Waals surface area (Å²) in [5.41, 5.74) is 1.18. The molecule has 0 amide bonds. The van der Waals surface area contributed by atoms with Crippen LogP contribution in [0.4, 0.5) is 5.69 Å². The molecular formula is C16H25NO3. The number of carbonyl (C=O) groups excluding carboxylic acids is 1. The summed E-state index contributed by atoms with van der Waals surface area (Å²) < 4.78 is 10.0. The van der Waals surface area contributed by atoms with Crippen molar-refractivity contribution in [2.75, 3.05) is 32.2 Å². The van der Waals surface area contributed by atoms with Crippen molar-refractivity contribution in [1.82, 2.24) is 0 Å². The van der Waals surface area contributed by atoms with E-state index >= 15 is 0 Å². The van der Waals surface area contributed by atoms with E-state index in [0.29, 0.717) is 13.0 Å². The van der Waals surface area contributed by atoms with Gasteiger partial charge >= 0.3 is 5.97 Å². The van der Waals surface area contributed by atoms with Crippen LogP contribution in [0.1, 0.15) is 32.6 Å². The first-order chi connectivity index (χ1) is 9.67. The van der Waals surface area contributed by atoms with E-state index in [2.05, 4.69) is 24.1 Å². The Morgan fingerprint density at radius 2 is 1.85 bits per heavy atom. The predicted octanol–water partition coefficient (Wildman–Crippen LogP) is 3.25. The minimum Gasteiger partial charge on any atom is -0.497 e. The second-order valence-corrected chi connectivity index (χ2v) is 4.74. The average Bonchev–Trinajstić information content (AvgIpc) is 2.47. The summed E-state index contributed by atoms with van der Waals surface area (Å²) in [6.07, 6.45) is 3.54. The van der Waals surface area contributed by atoms with Gasteiger partial charge in [-0.2, -0.15) is 0 Å². The van der Waals surface area contributed by atoms with Crippen molar-refractivity contribution >= 4 is 11.7 Å². The van der Waals surface area contributed by atoms with Crippen molar-refractivity contribution in [3.63, 3.8) is 0 Å². The van der Waals surface area contributed by atoms with Crippen molar-refractivity contribution < 1.29 is 14.3 Å². The average molecular weight is 279 g/mol. The normalized spacial score (nSPS) is 10.2. The Hall–Kier alpha value is -1.71. The summed E-state index contributed by atoms with van der Waals surface area (Å²) in [4.78, 5) is 13.4. The van der Waals surface area contributed by atoms with E-state index in [1.54, 1.807) is 7.11 Å². The molecule has 0 aliphatic rings. The summed E-state index contributed by atoms with van der Waals surface area (Å²) in [6.45, 7) is 3.29. The number of nitrogens with zero attached hydrogens (tertiary/aromatic N) is 1. The van der Waals surface area contributed by atoms with Crippen LogP contribution in [0.25, 0.3) is 0 Å². The zero-order chi connectivity index (χ0) is 14.8. The fraction of sp³-hybridized carbons (Fsp3) is 0.562. The summed E-state index contributed by atoms with van der Waals surface area (Å²) >= 11 is 0. The first kappa shape index (κ1) is 16.3. The molecule has 0 radical (unpaired) electrons. The van der Waals surface area contributed by atoms with Crippen LogP contribution >= 0.6 is 0 Å². The van der Waals surface area contributed by atoms with Crippen LogP contribution in [-0.2, 0) is 9.53 Å². The third-order valence-electron chi connectivity index (χ3n) is 3.19. The number of rotatable bonds is 9. The SMILES string of the molecule is CCOC(=O)CCCCCN(C)c1ccc(OC)cc1. The van der Waals surface area contributed by atoms with Crippen LogP contribution in [0, 0.1) is 0 Å². The van der Waals surface area contributed by atoms with Crippen molar-refractivity contribution in [1.29, 1.82) is 0 Å². The molecule has 1 aromatic carbocycles. The largest absolute Gasteiger partial charge is 0.497 e. The molecule has 0 aliphatic heterocycles. The fourth-order valence-corrected chi connectivity index (χ4v) is 1.99. The highest BCUT2D eigenvalue weighted by Gasteiger charge is 2.03. The lowest BCUT2D eigenvalue weighted by atomic mass is 10.2. The molecule has 0 unspecified atom stereocenters. The Morgan fingerprint density at radius 1 is 1.15 bits per heavy atom. The van der Waals surface area contributed by atoms with Crippen molar-refractivity contribution in [2.45, 2.75) is 32.6 Å². The van der Waals surface area contributed by atoms with E-state index in [1.165, 1.54) is 5.69 Å². The summed E-state index contributed by atoms with van der Waals surface area (Å²) in [7, 11) is 3.75. The topological polar surface area (TPSA) is 38.8 Å². The van der Waals surface area contributed by atoms with Gasteiger partial charge in [-0.1, -0.05) is 6.42 Å². The van der Waals surface area contributed by atoms with E-state index in [0.717, 1.165) is 31.6 Å². The number of benzene rings is 1. The van der Waals surface area contributed by atoms with Crippen LogP contribution in [0.15, 0.2) is 24.3 Å². The van der Waals surface area contributed by atoms with E-state index in [4.69, 9.17) is 9.47 Å². The Morgan fingerprint density at radius 3 is 2.45 bits per heavy atom. The molecule has 0 aliphatic carbocycles. The van der Waals surface area contributed by atoms with Crippen LogP contribution in [0.5, 0.6) is 5.75 Å². The molecule has 0 atom stereocenters. The lowest BCUT2D eigenvalue weighted by Gasteiger charge is -2.19. The number of unbranched alkanes of at least 4 members (excludes halogenated alkanes) is 2. The number of methoxy groups -OCH3 is 1. The van der Waals surface area contributed by atoms with E-state index in [1.807, 2.05) is 19.1 Å². The number of hydrogen-bond donors (Lipinski definition) is 0. The van der Waals surface area contributed by atoms with Gasteiger partial charge in [0.1, 0.15) is 5.75 Å². The summed E-state index contributed by atoms with van der Waals surface area (Å²) in [5, 5.41) is 0. The van der Waals surface area contributed by atoms with Crippen molar-refractivity contribution in [3.05, 3.63) is 24.3 Å². The molecule has 0 saturated heterocycles. The van der Waals surface area contributed by atoms with Gasteiger partial charge in [0, 0.05) is 25.7 Å². The van der Waals surface area contributed by atoms with Crippen LogP contribution in [0.3, 0.4) is 0 Å². The van der Waals surface area contributed by atoms with Gasteiger partial charge in [-0.3, -0.25) is 4.79 Å². The highest BCUT2D eigenvalue weighted by molar-refractivity contribution is 5.69. The molecule has 0 bridgehead atoms. The van der Waals surface area contributed by atoms with Crippen molar-refractivity contribution in [3.8, 4) is 5.75 Å². The lowest BCUT2D eigenvalue weighted by Crippen LogP contribution is -2.18. The second-order valence-electron chi connectivity index (χ2n) is 4.74. The van der Waals surface area contributed by atoms with Crippen molar-refractivity contribution in [2.24, 2.45) is 0 Å². The van der Waals surface area contributed by atoms with E-state index < -0.39 is 0 Å². The third kappa shape index (κ3) is 5.95. The maximum absolute atomic E-state index is 11.2. The molecule has 1 rings (SSSR count). The molecule has 20 heavy (non-hydrogen) atoms. The second kappa shape index (κ2) is 9.23. The Kier molecular flexibility index (Phi) is 7.55. The molecule has 0 aromatic heterocycles. The number of esters is 1. The Bertz CT molecular complexity index is 389. The zero-order valence-corrected chi connectivity index (χ0v) is 12.7. The zero-order valence-electron chi connectivity index (χ0n) is 12.7. The van der Waals surface area contributed by atoms with Crippen LogP contribution in [0.2, 0.25) is 0 Å². The number of ether oxygens (including phenoxy) is 2. The van der Waals surface area contributed by atoms with E-state index in [-0.39, 0.29) is 5.97 Å². The molecule has 0 fully saturated rings. The molecule has 4 nitrogen and oxygen atoms in total. The van der Waals surface area contributed by atoms with Crippen LogP contribution in [-0.4, -0.2) is 33.3 Å². The summed E-state index contributed by atoms with van der Waals surface area (Å²) in [5.74, 6) is 0.785. The van der Waals surface area contributed by atoms with Gasteiger partial charge < -0.3 is 14.4 Å². The molecule has 0 saturated carbocycles. The molecular weight excluding hydrogens is 254 g/mol. The van der Waals surface area contributed by atoms with Gasteiger partial charge in [-0.25, -0.2) is 0 Å². The van der Waals surface area contributed by atoms with Gasteiger partial charge in [0.25, 0.3) is 0 Å². The summed E-state index contributed by atoms with van der Waals surface area (Å²) in [6, 6.07) is 8.04. The standard InChI is InChI=1S/C16H25NO3/c1-4-20-16(18)8-6-5-7-13-17(2)14-9-11-15(19-3)12-10-14/h9-12H,4-8,13H2,1-3H3. The fourth-order valence-electron chi connectivity index (χ4n) is 1.99. The minimum absolute atomic E-state index is 0.0870. The molecule has 0 spiro atoms. The maximum Gasteiger partial charge on any atom is 0.305 e. The molecule has 4 heteroatoms. The highest BCUT2D eigenvalue weighted by atomic mass is 16.5. The highest BCUT2D eigenvalue weighted by Crippen LogP contribution is 2.18. The predicted molar refractivity (Wildman–Crippen MR) is 81.4 cm³/mol. The Balaban J connectivity index is 2.19. The molecule has 1 aromatic rings. The molecule has 112 valence electrons. The number of carbonyl (C=O) groups is 1. The number of anilines is 1. The number of hydrogen-bond acceptors (Lipinski definition) is 4. The third-order valence-corrected chi connectivity index (χ3v) is 3.19. The van der Waals surface area contributed by atoms with Gasteiger partial charge in [0.15, 0.2) is 0 Å². The minimum atomic E-state index is -0.0870. The van der Waals surface area contributed by atoms with E-state index in [9.17, 15) is 4.79 Å². The lowest BCUT2D eigenvalue weighted by molar-refractivity contribution is -0.143. The smallest absolute Gasteiger partial charge is 0.305 e. The molecule has 0 N–H and O–H groups in total. The monoisotopic (exact) mass is 279 g/mol. The van der Waals surface area contributed by atoms with Gasteiger partial charge in [-0.05, 0) is 44.0 Å². The van der Waals surface area contributed by atoms with Gasteiger partial charge in [0.05, 0.1) is 13.7 Å². The first-order valence-corrected chi connectivity index (χ1v) is 7.18.